The molecular formula is C13H15NO3. The van der Waals surface area contributed by atoms with Crippen molar-refractivity contribution in [1.82, 2.24) is 4.90 Å². The number of rotatable bonds is 3. The van der Waals surface area contributed by atoms with E-state index in [-0.39, 0.29) is 11.8 Å². The summed E-state index contributed by atoms with van der Waals surface area (Å²) >= 11 is 0. The molecule has 1 saturated heterocycles. The minimum Gasteiger partial charge on any atom is -0.496 e. The molecule has 90 valence electrons. The van der Waals surface area contributed by atoms with Gasteiger partial charge < -0.3 is 4.74 Å². The van der Waals surface area contributed by atoms with E-state index in [0.29, 0.717) is 19.4 Å². The summed E-state index contributed by atoms with van der Waals surface area (Å²) < 4.78 is 5.16. The third-order valence-corrected chi connectivity index (χ3v) is 2.95. The molecule has 1 fully saturated rings. The third kappa shape index (κ3) is 2.30. The third-order valence-electron chi connectivity index (χ3n) is 2.95. The van der Waals surface area contributed by atoms with Gasteiger partial charge in [0.05, 0.1) is 13.7 Å². The summed E-state index contributed by atoms with van der Waals surface area (Å²) in [5.41, 5.74) is 1.95. The molecule has 2 rings (SSSR count). The molecule has 4 nitrogen and oxygen atoms in total. The van der Waals surface area contributed by atoms with Crippen LogP contribution in [0.25, 0.3) is 0 Å². The first-order valence-corrected chi connectivity index (χ1v) is 5.58. The number of ether oxygens (including phenoxy) is 1. The second-order valence-corrected chi connectivity index (χ2v) is 4.18. The molecule has 1 aliphatic heterocycles. The first-order chi connectivity index (χ1) is 8.11. The lowest BCUT2D eigenvalue weighted by Crippen LogP contribution is -2.28. The van der Waals surface area contributed by atoms with Gasteiger partial charge in [-0.3, -0.25) is 14.5 Å². The van der Waals surface area contributed by atoms with Gasteiger partial charge in [-0.1, -0.05) is 12.1 Å². The number of nitrogens with zero attached hydrogens (tertiary/aromatic N) is 1. The Morgan fingerprint density at radius 3 is 2.41 bits per heavy atom. The normalized spacial score (nSPS) is 15.5. The Morgan fingerprint density at radius 2 is 1.88 bits per heavy atom. The number of amides is 2. The fraction of sp³-hybridized carbons (Fsp3) is 0.385. The number of likely N-dealkylation sites (tertiary alicyclic amines) is 1. The Balaban J connectivity index is 2.16. The Bertz CT molecular complexity index is 452. The van der Waals surface area contributed by atoms with E-state index in [0.717, 1.165) is 16.9 Å². The maximum absolute atomic E-state index is 11.5. The van der Waals surface area contributed by atoms with Crippen LogP contribution in [-0.2, 0) is 16.1 Å². The quantitative estimate of drug-likeness (QED) is 0.746. The van der Waals surface area contributed by atoms with Gasteiger partial charge in [0.25, 0.3) is 0 Å². The van der Waals surface area contributed by atoms with E-state index in [1.807, 2.05) is 25.1 Å². The lowest BCUT2D eigenvalue weighted by atomic mass is 10.1. The molecule has 0 unspecified atom stereocenters. The molecule has 0 spiro atoms. The van der Waals surface area contributed by atoms with E-state index in [2.05, 4.69) is 0 Å². The fourth-order valence-corrected chi connectivity index (χ4v) is 2.02. The molecule has 1 aromatic rings. The summed E-state index contributed by atoms with van der Waals surface area (Å²) in [6.07, 6.45) is 0.682. The van der Waals surface area contributed by atoms with Crippen LogP contribution in [0.4, 0.5) is 0 Å². The molecular weight excluding hydrogens is 218 g/mol. The van der Waals surface area contributed by atoms with Crippen molar-refractivity contribution >= 4 is 11.8 Å². The van der Waals surface area contributed by atoms with Crippen LogP contribution in [0.2, 0.25) is 0 Å². The highest BCUT2D eigenvalue weighted by molar-refractivity contribution is 6.01. The number of methoxy groups -OCH3 is 1. The molecule has 0 radical (unpaired) electrons. The average molecular weight is 233 g/mol. The number of hydrogen-bond donors (Lipinski definition) is 0. The van der Waals surface area contributed by atoms with Gasteiger partial charge in [-0.25, -0.2) is 0 Å². The Hall–Kier alpha value is -1.84. The number of imide groups is 1. The van der Waals surface area contributed by atoms with Crippen molar-refractivity contribution in [2.45, 2.75) is 26.3 Å². The largest absolute Gasteiger partial charge is 0.496 e. The van der Waals surface area contributed by atoms with Crippen molar-refractivity contribution in [3.63, 3.8) is 0 Å². The predicted molar refractivity (Wildman–Crippen MR) is 62.5 cm³/mol. The first-order valence-electron chi connectivity index (χ1n) is 5.58. The molecule has 0 atom stereocenters. The average Bonchev–Trinajstić information content (AvgIpc) is 2.61. The van der Waals surface area contributed by atoms with Crippen LogP contribution in [0.1, 0.15) is 24.0 Å². The van der Waals surface area contributed by atoms with Gasteiger partial charge in [0, 0.05) is 12.8 Å². The van der Waals surface area contributed by atoms with Gasteiger partial charge in [0.15, 0.2) is 0 Å². The minimum atomic E-state index is -0.0801. The summed E-state index contributed by atoms with van der Waals surface area (Å²) in [4.78, 5) is 24.3. The van der Waals surface area contributed by atoms with Crippen LogP contribution in [0.5, 0.6) is 5.75 Å². The predicted octanol–water partition coefficient (Wildman–Crippen LogP) is 1.65. The molecule has 0 bridgehead atoms. The molecule has 1 heterocycles. The zero-order chi connectivity index (χ0) is 12.4. The highest BCUT2D eigenvalue weighted by Gasteiger charge is 2.28. The molecule has 0 saturated carbocycles. The van der Waals surface area contributed by atoms with E-state index >= 15 is 0 Å². The number of benzene rings is 1. The lowest BCUT2D eigenvalue weighted by molar-refractivity contribution is -0.139. The summed E-state index contributed by atoms with van der Waals surface area (Å²) in [6.45, 7) is 2.30. The number of carbonyl (C=O) groups is 2. The van der Waals surface area contributed by atoms with Crippen LogP contribution in [0, 0.1) is 6.92 Å². The molecule has 17 heavy (non-hydrogen) atoms. The monoisotopic (exact) mass is 233 g/mol. The van der Waals surface area contributed by atoms with Gasteiger partial charge in [0.2, 0.25) is 11.8 Å². The van der Waals surface area contributed by atoms with Crippen molar-refractivity contribution in [2.24, 2.45) is 0 Å². The maximum Gasteiger partial charge on any atom is 0.229 e. The summed E-state index contributed by atoms with van der Waals surface area (Å²) in [5, 5.41) is 0. The Kier molecular flexibility index (Phi) is 3.13. The van der Waals surface area contributed by atoms with E-state index in [1.165, 1.54) is 4.90 Å². The van der Waals surface area contributed by atoms with Gasteiger partial charge in [0.1, 0.15) is 5.75 Å². The molecule has 0 aromatic heterocycles. The number of carbonyl (C=O) groups excluding carboxylic acids is 2. The topological polar surface area (TPSA) is 46.6 Å². The van der Waals surface area contributed by atoms with E-state index in [4.69, 9.17) is 4.74 Å². The second kappa shape index (κ2) is 4.57. The van der Waals surface area contributed by atoms with Gasteiger partial charge >= 0.3 is 0 Å². The highest BCUT2D eigenvalue weighted by atomic mass is 16.5. The van der Waals surface area contributed by atoms with Crippen LogP contribution in [0.3, 0.4) is 0 Å². The van der Waals surface area contributed by atoms with Crippen LogP contribution < -0.4 is 4.74 Å². The standard InChI is InChI=1S/C13H15NO3/c1-9-7-10(3-4-11(9)17-2)8-14-12(15)5-6-13(14)16/h3-4,7H,5-6,8H2,1-2H3. The lowest BCUT2D eigenvalue weighted by Gasteiger charge is -2.14. The minimum absolute atomic E-state index is 0.0801. The van der Waals surface area contributed by atoms with Gasteiger partial charge in [-0.2, -0.15) is 0 Å². The summed E-state index contributed by atoms with van der Waals surface area (Å²) in [5.74, 6) is 0.653. The SMILES string of the molecule is COc1ccc(CN2C(=O)CCC2=O)cc1C. The van der Waals surface area contributed by atoms with Crippen LogP contribution >= 0.6 is 0 Å². The van der Waals surface area contributed by atoms with E-state index < -0.39 is 0 Å². The smallest absolute Gasteiger partial charge is 0.229 e. The fourth-order valence-electron chi connectivity index (χ4n) is 2.02. The molecule has 1 aromatic carbocycles. The molecule has 1 aliphatic rings. The highest BCUT2D eigenvalue weighted by Crippen LogP contribution is 2.21. The van der Waals surface area contributed by atoms with Crippen molar-refractivity contribution in [3.8, 4) is 5.75 Å². The van der Waals surface area contributed by atoms with E-state index in [1.54, 1.807) is 7.11 Å². The zero-order valence-corrected chi connectivity index (χ0v) is 10.0. The molecule has 4 heteroatoms. The number of hydrogen-bond acceptors (Lipinski definition) is 3. The van der Waals surface area contributed by atoms with Crippen LogP contribution in [-0.4, -0.2) is 23.8 Å². The Labute approximate surface area is 100 Å². The van der Waals surface area contributed by atoms with Crippen LogP contribution in [0.15, 0.2) is 18.2 Å². The maximum atomic E-state index is 11.5. The van der Waals surface area contributed by atoms with Crippen molar-refractivity contribution in [2.75, 3.05) is 7.11 Å². The zero-order valence-electron chi connectivity index (χ0n) is 10.0. The molecule has 2 amide bonds. The van der Waals surface area contributed by atoms with Gasteiger partial charge in [-0.15, -0.1) is 0 Å². The first kappa shape index (κ1) is 11.6. The van der Waals surface area contributed by atoms with Crippen molar-refractivity contribution in [1.29, 1.82) is 0 Å². The van der Waals surface area contributed by atoms with Crippen molar-refractivity contribution in [3.05, 3.63) is 29.3 Å². The second-order valence-electron chi connectivity index (χ2n) is 4.18. The Morgan fingerprint density at radius 1 is 1.24 bits per heavy atom. The van der Waals surface area contributed by atoms with E-state index in [9.17, 15) is 9.59 Å². The number of aryl methyl sites for hydroxylation is 1. The molecule has 0 aliphatic carbocycles. The summed E-state index contributed by atoms with van der Waals surface area (Å²) in [6, 6.07) is 5.68. The summed E-state index contributed by atoms with van der Waals surface area (Å²) in [7, 11) is 1.62. The van der Waals surface area contributed by atoms with Gasteiger partial charge in [-0.05, 0) is 24.1 Å². The molecule has 0 N–H and O–H groups in total. The van der Waals surface area contributed by atoms with Crippen molar-refractivity contribution < 1.29 is 14.3 Å².